The highest BCUT2D eigenvalue weighted by molar-refractivity contribution is 14.1. The number of carbonyl (C=O) groups is 1. The summed E-state index contributed by atoms with van der Waals surface area (Å²) in [6.07, 6.45) is 3.43. The van der Waals surface area contributed by atoms with Crippen molar-refractivity contribution in [1.29, 1.82) is 0 Å². The molecule has 0 aliphatic heterocycles. The number of carboxylic acids is 1. The molecule has 100 valence electrons. The number of halogens is 2. The highest BCUT2D eigenvalue weighted by atomic mass is 127. The molecule has 0 fully saturated rings. The van der Waals surface area contributed by atoms with Crippen molar-refractivity contribution in [3.63, 3.8) is 0 Å². The average Bonchev–Trinajstić information content (AvgIpc) is 2.82. The lowest BCUT2D eigenvalue weighted by Gasteiger charge is -2.10. The molecule has 6 heteroatoms. The van der Waals surface area contributed by atoms with Crippen LogP contribution >= 0.6 is 34.2 Å². The number of aromatic nitrogens is 2. The molecule has 1 N–H and O–H groups in total. The Balaban J connectivity index is 2.36. The summed E-state index contributed by atoms with van der Waals surface area (Å²) in [4.78, 5) is 15.7. The van der Waals surface area contributed by atoms with Crippen molar-refractivity contribution in [3.05, 3.63) is 57.0 Å². The van der Waals surface area contributed by atoms with Crippen molar-refractivity contribution in [1.82, 2.24) is 9.55 Å². The quantitative estimate of drug-likeness (QED) is 0.664. The van der Waals surface area contributed by atoms with Crippen LogP contribution in [0.1, 0.15) is 10.5 Å². The van der Waals surface area contributed by atoms with Crippen molar-refractivity contribution in [2.24, 2.45) is 0 Å². The third-order valence-electron chi connectivity index (χ3n) is 2.96. The maximum atomic E-state index is 11.3. The van der Waals surface area contributed by atoms with Gasteiger partial charge in [-0.25, -0.2) is 4.79 Å². The highest BCUT2D eigenvalue weighted by Gasteiger charge is 2.16. The standard InChI is InChI=1S/C14H8ClIN2O2/c15-10-3-4-11(13-9(10)2-1-5-17-13)18-7-8(16)6-12(18)14(19)20/h1-7H,(H,19,20). The van der Waals surface area contributed by atoms with Crippen molar-refractivity contribution >= 4 is 51.1 Å². The molecule has 0 saturated heterocycles. The summed E-state index contributed by atoms with van der Waals surface area (Å²) in [5, 5.41) is 10.7. The zero-order valence-corrected chi connectivity index (χ0v) is 13.0. The SMILES string of the molecule is O=C(O)c1cc(I)cn1-c1ccc(Cl)c2cccnc12. The number of hydrogen-bond donors (Lipinski definition) is 1. The molecule has 0 unspecified atom stereocenters. The van der Waals surface area contributed by atoms with Crippen LogP contribution in [0.5, 0.6) is 0 Å². The van der Waals surface area contributed by atoms with Gasteiger partial charge < -0.3 is 9.67 Å². The molecule has 1 aromatic carbocycles. The van der Waals surface area contributed by atoms with Gasteiger partial charge in [0, 0.05) is 21.4 Å². The van der Waals surface area contributed by atoms with Gasteiger partial charge in [0.25, 0.3) is 0 Å². The van der Waals surface area contributed by atoms with E-state index >= 15 is 0 Å². The molecule has 0 amide bonds. The van der Waals surface area contributed by atoms with Gasteiger partial charge in [-0.2, -0.15) is 0 Å². The first kappa shape index (κ1) is 13.4. The van der Waals surface area contributed by atoms with Crippen LogP contribution in [0.2, 0.25) is 5.02 Å². The Bertz CT molecular complexity index is 829. The molecule has 0 spiro atoms. The zero-order chi connectivity index (χ0) is 14.3. The third kappa shape index (κ3) is 2.16. The lowest BCUT2D eigenvalue weighted by atomic mass is 10.2. The molecule has 4 nitrogen and oxygen atoms in total. The largest absolute Gasteiger partial charge is 0.477 e. The predicted octanol–water partition coefficient (Wildman–Crippen LogP) is 3.98. The first-order chi connectivity index (χ1) is 9.58. The molecule has 3 rings (SSSR count). The minimum atomic E-state index is -0.980. The van der Waals surface area contributed by atoms with E-state index in [-0.39, 0.29) is 5.69 Å². The van der Waals surface area contributed by atoms with Crippen LogP contribution in [0, 0.1) is 3.57 Å². The smallest absolute Gasteiger partial charge is 0.352 e. The van der Waals surface area contributed by atoms with E-state index in [4.69, 9.17) is 11.6 Å². The summed E-state index contributed by atoms with van der Waals surface area (Å²) in [5.74, 6) is -0.980. The van der Waals surface area contributed by atoms with Crippen LogP contribution in [-0.4, -0.2) is 20.6 Å². The van der Waals surface area contributed by atoms with Gasteiger partial charge in [0.1, 0.15) is 5.69 Å². The fraction of sp³-hybridized carbons (Fsp3) is 0. The number of fused-ring (bicyclic) bond motifs is 1. The number of benzene rings is 1. The summed E-state index contributed by atoms with van der Waals surface area (Å²) >= 11 is 8.24. The predicted molar refractivity (Wildman–Crippen MR) is 85.8 cm³/mol. The van der Waals surface area contributed by atoms with Gasteiger partial charge in [-0.15, -0.1) is 0 Å². The molecule has 0 radical (unpaired) electrons. The molecule has 0 aliphatic carbocycles. The zero-order valence-electron chi connectivity index (χ0n) is 10.0. The number of carboxylic acid groups (broad SMARTS) is 1. The minimum absolute atomic E-state index is 0.198. The lowest BCUT2D eigenvalue weighted by molar-refractivity contribution is 0.0688. The van der Waals surface area contributed by atoms with Crippen LogP contribution in [0.25, 0.3) is 16.6 Å². The van der Waals surface area contributed by atoms with Crippen molar-refractivity contribution in [2.75, 3.05) is 0 Å². The summed E-state index contributed by atoms with van der Waals surface area (Å²) in [5.41, 5.74) is 1.57. The molecule has 20 heavy (non-hydrogen) atoms. The van der Waals surface area contributed by atoms with Gasteiger partial charge in [0.2, 0.25) is 0 Å². The monoisotopic (exact) mass is 398 g/mol. The van der Waals surface area contributed by atoms with Gasteiger partial charge in [0.15, 0.2) is 0 Å². The van der Waals surface area contributed by atoms with E-state index in [9.17, 15) is 9.90 Å². The second kappa shape index (κ2) is 5.06. The Kier molecular flexibility index (Phi) is 3.39. The van der Waals surface area contributed by atoms with E-state index in [1.54, 1.807) is 41.2 Å². The molecule has 3 aromatic rings. The van der Waals surface area contributed by atoms with Crippen molar-refractivity contribution in [3.8, 4) is 5.69 Å². The molecule has 0 saturated carbocycles. The van der Waals surface area contributed by atoms with Gasteiger partial charge in [-0.05, 0) is 52.9 Å². The maximum absolute atomic E-state index is 11.3. The van der Waals surface area contributed by atoms with E-state index in [2.05, 4.69) is 27.6 Å². The van der Waals surface area contributed by atoms with E-state index in [1.165, 1.54) is 0 Å². The van der Waals surface area contributed by atoms with Gasteiger partial charge in [-0.3, -0.25) is 4.98 Å². The molecular weight excluding hydrogens is 391 g/mol. The van der Waals surface area contributed by atoms with E-state index in [1.807, 2.05) is 6.07 Å². The summed E-state index contributed by atoms with van der Waals surface area (Å²) in [6, 6.07) is 8.81. The maximum Gasteiger partial charge on any atom is 0.352 e. The number of hydrogen-bond acceptors (Lipinski definition) is 2. The van der Waals surface area contributed by atoms with Crippen LogP contribution in [0.3, 0.4) is 0 Å². The van der Waals surface area contributed by atoms with Crippen LogP contribution < -0.4 is 0 Å². The molecule has 2 heterocycles. The Morgan fingerprint density at radius 2 is 2.15 bits per heavy atom. The summed E-state index contributed by atoms with van der Waals surface area (Å²) in [7, 11) is 0. The van der Waals surface area contributed by atoms with Crippen LogP contribution in [0.4, 0.5) is 0 Å². The van der Waals surface area contributed by atoms with Crippen molar-refractivity contribution in [2.45, 2.75) is 0 Å². The summed E-state index contributed by atoms with van der Waals surface area (Å²) in [6.45, 7) is 0. The van der Waals surface area contributed by atoms with Crippen molar-refractivity contribution < 1.29 is 9.90 Å². The number of pyridine rings is 1. The Morgan fingerprint density at radius 3 is 2.90 bits per heavy atom. The molecule has 0 atom stereocenters. The molecular formula is C14H8ClIN2O2. The van der Waals surface area contributed by atoms with E-state index < -0.39 is 5.97 Å². The average molecular weight is 399 g/mol. The molecule has 0 bridgehead atoms. The summed E-state index contributed by atoms with van der Waals surface area (Å²) < 4.78 is 2.47. The topological polar surface area (TPSA) is 55.1 Å². The van der Waals surface area contributed by atoms with Gasteiger partial charge >= 0.3 is 5.97 Å². The third-order valence-corrected chi connectivity index (χ3v) is 3.88. The molecule has 2 aromatic heterocycles. The van der Waals surface area contributed by atoms with Crippen LogP contribution in [0.15, 0.2) is 42.7 Å². The first-order valence-corrected chi connectivity index (χ1v) is 7.18. The fourth-order valence-corrected chi connectivity index (χ4v) is 2.90. The second-order valence-electron chi connectivity index (χ2n) is 4.18. The van der Waals surface area contributed by atoms with E-state index in [0.717, 1.165) is 8.96 Å². The normalized spacial score (nSPS) is 10.9. The minimum Gasteiger partial charge on any atom is -0.477 e. The number of rotatable bonds is 2. The van der Waals surface area contributed by atoms with Crippen LogP contribution in [-0.2, 0) is 0 Å². The Morgan fingerprint density at radius 1 is 1.35 bits per heavy atom. The Labute approximate surface area is 133 Å². The second-order valence-corrected chi connectivity index (χ2v) is 5.84. The molecule has 0 aliphatic rings. The lowest BCUT2D eigenvalue weighted by Crippen LogP contribution is -2.06. The number of aromatic carboxylic acids is 1. The Hall–Kier alpha value is -1.60. The first-order valence-electron chi connectivity index (χ1n) is 5.72. The van der Waals surface area contributed by atoms with E-state index in [0.29, 0.717) is 16.2 Å². The highest BCUT2D eigenvalue weighted by Crippen LogP contribution is 2.28. The van der Waals surface area contributed by atoms with Gasteiger partial charge in [-0.1, -0.05) is 11.6 Å². The van der Waals surface area contributed by atoms with Gasteiger partial charge in [0.05, 0.1) is 16.2 Å². The number of nitrogens with zero attached hydrogens (tertiary/aromatic N) is 2. The fourth-order valence-electron chi connectivity index (χ4n) is 2.11.